The Balaban J connectivity index is 1.79. The molecule has 3 aromatic rings. The molecular formula is C20H13NO4. The SMILES string of the molecule is Cc1ccccc1C1=N/C(=C\c2coc3ccccc3c2=O)C(=O)O1. The number of para-hydroxylation sites is 1. The number of esters is 1. The fourth-order valence-corrected chi connectivity index (χ4v) is 2.68. The molecular weight excluding hydrogens is 318 g/mol. The van der Waals surface area contributed by atoms with Gasteiger partial charge in [0.15, 0.2) is 11.1 Å². The van der Waals surface area contributed by atoms with Crippen molar-refractivity contribution >= 4 is 28.9 Å². The van der Waals surface area contributed by atoms with Crippen molar-refractivity contribution in [2.24, 2.45) is 4.99 Å². The summed E-state index contributed by atoms with van der Waals surface area (Å²) < 4.78 is 10.7. The fourth-order valence-electron chi connectivity index (χ4n) is 2.68. The molecule has 0 atom stereocenters. The van der Waals surface area contributed by atoms with E-state index < -0.39 is 5.97 Å². The maximum Gasteiger partial charge on any atom is 0.363 e. The van der Waals surface area contributed by atoms with Crippen molar-refractivity contribution in [3.8, 4) is 0 Å². The minimum Gasteiger partial charge on any atom is -0.463 e. The first-order valence-corrected chi connectivity index (χ1v) is 7.72. The van der Waals surface area contributed by atoms with Crippen LogP contribution in [0.15, 0.2) is 74.7 Å². The number of nitrogens with zero attached hydrogens (tertiary/aromatic N) is 1. The van der Waals surface area contributed by atoms with Crippen LogP contribution in [0.3, 0.4) is 0 Å². The van der Waals surface area contributed by atoms with E-state index in [2.05, 4.69) is 4.99 Å². The smallest absolute Gasteiger partial charge is 0.363 e. The van der Waals surface area contributed by atoms with Crippen LogP contribution >= 0.6 is 0 Å². The molecule has 0 radical (unpaired) electrons. The van der Waals surface area contributed by atoms with Crippen LogP contribution in [-0.4, -0.2) is 11.9 Å². The maximum absolute atomic E-state index is 12.5. The van der Waals surface area contributed by atoms with E-state index in [1.807, 2.05) is 31.2 Å². The molecule has 0 spiro atoms. The number of carbonyl (C=O) groups excluding carboxylic acids is 1. The zero-order valence-electron chi connectivity index (χ0n) is 13.4. The Bertz CT molecular complexity index is 1120. The van der Waals surface area contributed by atoms with E-state index in [9.17, 15) is 9.59 Å². The number of hydrogen-bond acceptors (Lipinski definition) is 5. The summed E-state index contributed by atoms with van der Waals surface area (Å²) in [5, 5.41) is 0.450. The molecule has 1 aliphatic rings. The predicted octanol–water partition coefficient (Wildman–Crippen LogP) is 3.45. The quantitative estimate of drug-likeness (QED) is 0.533. The third-order valence-corrected chi connectivity index (χ3v) is 3.99. The number of carbonyl (C=O) groups is 1. The molecule has 0 unspecified atom stereocenters. The summed E-state index contributed by atoms with van der Waals surface area (Å²) in [6, 6.07) is 14.4. The standard InChI is InChI=1S/C20H13NO4/c1-12-6-2-3-7-14(12)19-21-16(20(23)25-19)10-13-11-24-17-9-5-4-8-15(17)18(13)22/h2-11H,1H3/b16-10-. The Kier molecular flexibility index (Phi) is 3.54. The number of cyclic esters (lactones) is 1. The zero-order chi connectivity index (χ0) is 17.4. The first-order chi connectivity index (χ1) is 12.1. The molecule has 25 heavy (non-hydrogen) atoms. The lowest BCUT2D eigenvalue weighted by atomic mass is 10.1. The second kappa shape index (κ2) is 5.87. The molecule has 122 valence electrons. The van der Waals surface area contributed by atoms with Gasteiger partial charge in [0.25, 0.3) is 0 Å². The molecule has 0 aliphatic carbocycles. The number of hydrogen-bond donors (Lipinski definition) is 0. The first-order valence-electron chi connectivity index (χ1n) is 7.72. The average molecular weight is 331 g/mol. The largest absolute Gasteiger partial charge is 0.463 e. The topological polar surface area (TPSA) is 68.9 Å². The minimum absolute atomic E-state index is 0.0702. The van der Waals surface area contributed by atoms with Gasteiger partial charge in [-0.05, 0) is 36.8 Å². The minimum atomic E-state index is -0.592. The molecule has 1 aliphatic heterocycles. The number of ether oxygens (including phenoxy) is 1. The molecule has 0 N–H and O–H groups in total. The Hall–Kier alpha value is -3.47. The Morgan fingerprint density at radius 2 is 1.76 bits per heavy atom. The van der Waals surface area contributed by atoms with Gasteiger partial charge in [0.1, 0.15) is 11.8 Å². The highest BCUT2D eigenvalue weighted by molar-refractivity contribution is 6.13. The molecule has 5 nitrogen and oxygen atoms in total. The molecule has 0 saturated carbocycles. The molecule has 0 saturated heterocycles. The van der Waals surface area contributed by atoms with Crippen LogP contribution < -0.4 is 5.43 Å². The number of aryl methyl sites for hydroxylation is 1. The highest BCUT2D eigenvalue weighted by atomic mass is 16.6. The Morgan fingerprint density at radius 3 is 2.60 bits per heavy atom. The fraction of sp³-hybridized carbons (Fsp3) is 0.0500. The van der Waals surface area contributed by atoms with Crippen LogP contribution in [0.25, 0.3) is 17.0 Å². The molecule has 2 aromatic carbocycles. The van der Waals surface area contributed by atoms with Crippen molar-refractivity contribution < 1.29 is 13.9 Å². The van der Waals surface area contributed by atoms with Crippen LogP contribution in [0, 0.1) is 6.92 Å². The third kappa shape index (κ3) is 2.65. The molecule has 5 heteroatoms. The van der Waals surface area contributed by atoms with Gasteiger partial charge in [0, 0.05) is 5.56 Å². The average Bonchev–Trinajstić information content (AvgIpc) is 2.98. The summed E-state index contributed by atoms with van der Waals surface area (Å²) >= 11 is 0. The van der Waals surface area contributed by atoms with Crippen molar-refractivity contribution in [1.82, 2.24) is 0 Å². The molecule has 1 aromatic heterocycles. The van der Waals surface area contributed by atoms with E-state index >= 15 is 0 Å². The van der Waals surface area contributed by atoms with E-state index in [-0.39, 0.29) is 22.6 Å². The molecule has 2 heterocycles. The van der Waals surface area contributed by atoms with Crippen molar-refractivity contribution in [2.75, 3.05) is 0 Å². The van der Waals surface area contributed by atoms with Crippen LogP contribution in [0.1, 0.15) is 16.7 Å². The monoisotopic (exact) mass is 331 g/mol. The third-order valence-electron chi connectivity index (χ3n) is 3.99. The molecule has 0 amide bonds. The molecule has 0 fully saturated rings. The number of rotatable bonds is 2. The summed E-state index contributed by atoms with van der Waals surface area (Å²) in [5.74, 6) is -0.356. The van der Waals surface area contributed by atoms with E-state index in [1.54, 1.807) is 24.3 Å². The van der Waals surface area contributed by atoms with Gasteiger partial charge in [0.05, 0.1) is 10.9 Å². The Labute approximate surface area is 142 Å². The van der Waals surface area contributed by atoms with E-state index in [4.69, 9.17) is 9.15 Å². The lowest BCUT2D eigenvalue weighted by molar-refractivity contribution is -0.129. The van der Waals surface area contributed by atoms with Crippen LogP contribution in [0.4, 0.5) is 0 Å². The summed E-state index contributed by atoms with van der Waals surface area (Å²) in [4.78, 5) is 28.9. The molecule has 4 rings (SSSR count). The van der Waals surface area contributed by atoms with Gasteiger partial charge in [0.2, 0.25) is 5.90 Å². The van der Waals surface area contributed by atoms with Crippen molar-refractivity contribution in [3.05, 3.63) is 87.4 Å². The van der Waals surface area contributed by atoms with Gasteiger partial charge in [-0.15, -0.1) is 0 Å². The second-order valence-corrected chi connectivity index (χ2v) is 5.67. The van der Waals surface area contributed by atoms with E-state index in [0.717, 1.165) is 11.1 Å². The van der Waals surface area contributed by atoms with Gasteiger partial charge in [-0.1, -0.05) is 30.3 Å². The van der Waals surface area contributed by atoms with Crippen LogP contribution in [-0.2, 0) is 9.53 Å². The maximum atomic E-state index is 12.5. The summed E-state index contributed by atoms with van der Waals surface area (Å²) in [6.07, 6.45) is 2.72. The molecule has 0 bridgehead atoms. The van der Waals surface area contributed by atoms with Crippen LogP contribution in [0.2, 0.25) is 0 Å². The summed E-state index contributed by atoms with van der Waals surface area (Å²) in [6.45, 7) is 1.91. The lowest BCUT2D eigenvalue weighted by Crippen LogP contribution is -2.08. The normalized spacial score (nSPS) is 15.5. The van der Waals surface area contributed by atoms with Gasteiger partial charge >= 0.3 is 5.97 Å². The van der Waals surface area contributed by atoms with E-state index in [0.29, 0.717) is 11.0 Å². The predicted molar refractivity (Wildman–Crippen MR) is 94.3 cm³/mol. The van der Waals surface area contributed by atoms with E-state index in [1.165, 1.54) is 12.3 Å². The van der Waals surface area contributed by atoms with Crippen molar-refractivity contribution in [2.45, 2.75) is 6.92 Å². The number of fused-ring (bicyclic) bond motifs is 1. The Morgan fingerprint density at radius 1 is 1.00 bits per heavy atom. The highest BCUT2D eigenvalue weighted by Gasteiger charge is 2.25. The van der Waals surface area contributed by atoms with Gasteiger partial charge < -0.3 is 9.15 Å². The van der Waals surface area contributed by atoms with Crippen molar-refractivity contribution in [1.29, 1.82) is 0 Å². The van der Waals surface area contributed by atoms with Gasteiger partial charge in [-0.2, -0.15) is 0 Å². The number of benzene rings is 2. The number of aliphatic imine (C=N–C) groups is 1. The van der Waals surface area contributed by atoms with Crippen LogP contribution in [0.5, 0.6) is 0 Å². The summed E-state index contributed by atoms with van der Waals surface area (Å²) in [5.41, 5.74) is 2.28. The lowest BCUT2D eigenvalue weighted by Gasteiger charge is -2.02. The van der Waals surface area contributed by atoms with Gasteiger partial charge in [-0.3, -0.25) is 4.79 Å². The zero-order valence-corrected chi connectivity index (χ0v) is 13.4. The highest BCUT2D eigenvalue weighted by Crippen LogP contribution is 2.21. The summed E-state index contributed by atoms with van der Waals surface area (Å²) in [7, 11) is 0. The van der Waals surface area contributed by atoms with Crippen molar-refractivity contribution in [3.63, 3.8) is 0 Å². The van der Waals surface area contributed by atoms with Gasteiger partial charge in [-0.25, -0.2) is 9.79 Å². The first kappa shape index (κ1) is 15.1. The second-order valence-electron chi connectivity index (χ2n) is 5.67.